The van der Waals surface area contributed by atoms with E-state index in [0.29, 0.717) is 36.0 Å². The van der Waals surface area contributed by atoms with E-state index in [1.165, 1.54) is 20.0 Å². The van der Waals surface area contributed by atoms with Crippen molar-refractivity contribution in [1.29, 1.82) is 0 Å². The van der Waals surface area contributed by atoms with Gasteiger partial charge in [0.05, 0.1) is 17.8 Å². The van der Waals surface area contributed by atoms with E-state index in [1.807, 2.05) is 0 Å². The third-order valence-electron chi connectivity index (χ3n) is 3.43. The fourth-order valence-corrected chi connectivity index (χ4v) is 2.06. The lowest BCUT2D eigenvalue weighted by Gasteiger charge is -2.09. The van der Waals surface area contributed by atoms with Gasteiger partial charge in [-0.3, -0.25) is 9.59 Å². The van der Waals surface area contributed by atoms with Crippen LogP contribution in [0.15, 0.2) is 18.2 Å². The second kappa shape index (κ2) is 8.74. The van der Waals surface area contributed by atoms with Gasteiger partial charge in [0, 0.05) is 25.8 Å². The number of benzene rings is 1. The molecule has 0 aromatic heterocycles. The van der Waals surface area contributed by atoms with Crippen molar-refractivity contribution in [2.45, 2.75) is 19.3 Å². The van der Waals surface area contributed by atoms with Gasteiger partial charge in [-0.15, -0.1) is 0 Å². The van der Waals surface area contributed by atoms with Gasteiger partial charge in [-0.05, 0) is 37.3 Å². The highest BCUT2D eigenvalue weighted by Crippen LogP contribution is 2.28. The van der Waals surface area contributed by atoms with E-state index in [9.17, 15) is 9.59 Å². The monoisotopic (exact) mass is 340 g/mol. The predicted octanol–water partition coefficient (Wildman–Crippen LogP) is 2.22. The highest BCUT2D eigenvalue weighted by molar-refractivity contribution is 6.41. The summed E-state index contributed by atoms with van der Waals surface area (Å²) in [5.74, 6) is -0.203. The second-order valence-corrected chi connectivity index (χ2v) is 5.83. The van der Waals surface area contributed by atoms with Crippen LogP contribution in [0.4, 0.5) is 5.69 Å². The average molecular weight is 341 g/mol. The van der Waals surface area contributed by atoms with E-state index in [0.717, 1.165) is 12.5 Å². The number of rotatable bonds is 8. The molecule has 2 rings (SSSR count). The number of carbonyl (C=O) groups is 2. The summed E-state index contributed by atoms with van der Waals surface area (Å²) in [7, 11) is 1.51. The minimum absolute atomic E-state index is 0.332. The van der Waals surface area contributed by atoms with Gasteiger partial charge in [0.25, 0.3) is 0 Å². The van der Waals surface area contributed by atoms with Crippen LogP contribution in [0.5, 0.6) is 5.75 Å². The van der Waals surface area contributed by atoms with Crippen LogP contribution in [0.2, 0.25) is 5.02 Å². The summed E-state index contributed by atoms with van der Waals surface area (Å²) in [6.07, 6.45) is 3.18. The molecule has 7 heteroatoms. The molecule has 0 saturated heterocycles. The standard InChI is InChI=1S/C16H21ClN2O4/c1-22-12-5-6-13(17)14(9-12)19-16(21)15(20)18-7-2-8-23-10-11-3-4-11/h5-6,9,11H,2-4,7-8,10H2,1H3,(H,18,20)(H,19,21). The number of methoxy groups -OCH3 is 1. The molecule has 0 aliphatic heterocycles. The van der Waals surface area contributed by atoms with Crippen LogP contribution < -0.4 is 15.4 Å². The summed E-state index contributed by atoms with van der Waals surface area (Å²) in [4.78, 5) is 23.6. The first kappa shape index (κ1) is 17.6. The molecule has 126 valence electrons. The van der Waals surface area contributed by atoms with Crippen molar-refractivity contribution < 1.29 is 19.1 Å². The molecular weight excluding hydrogens is 320 g/mol. The van der Waals surface area contributed by atoms with Gasteiger partial charge in [0.2, 0.25) is 0 Å². The van der Waals surface area contributed by atoms with E-state index in [-0.39, 0.29) is 0 Å². The zero-order valence-electron chi connectivity index (χ0n) is 13.1. The van der Waals surface area contributed by atoms with E-state index in [2.05, 4.69) is 10.6 Å². The average Bonchev–Trinajstić information content (AvgIpc) is 3.36. The molecule has 1 fully saturated rings. The maximum Gasteiger partial charge on any atom is 0.313 e. The molecule has 1 aliphatic carbocycles. The van der Waals surface area contributed by atoms with Crippen LogP contribution in [0.1, 0.15) is 19.3 Å². The van der Waals surface area contributed by atoms with Crippen LogP contribution in [0, 0.1) is 5.92 Å². The van der Waals surface area contributed by atoms with Gasteiger partial charge in [-0.2, -0.15) is 0 Å². The van der Waals surface area contributed by atoms with E-state index < -0.39 is 11.8 Å². The Labute approximate surface area is 140 Å². The first-order valence-corrected chi connectivity index (χ1v) is 7.98. The van der Waals surface area contributed by atoms with Crippen molar-refractivity contribution in [1.82, 2.24) is 5.32 Å². The fraction of sp³-hybridized carbons (Fsp3) is 0.500. The second-order valence-electron chi connectivity index (χ2n) is 5.43. The third kappa shape index (κ3) is 6.08. The lowest BCUT2D eigenvalue weighted by Crippen LogP contribution is -2.36. The smallest absolute Gasteiger partial charge is 0.313 e. The molecule has 1 aromatic carbocycles. The van der Waals surface area contributed by atoms with Crippen molar-refractivity contribution in [3.05, 3.63) is 23.2 Å². The van der Waals surface area contributed by atoms with Gasteiger partial charge >= 0.3 is 11.8 Å². The van der Waals surface area contributed by atoms with Crippen molar-refractivity contribution in [3.8, 4) is 5.75 Å². The summed E-state index contributed by atoms with van der Waals surface area (Å²) in [5.41, 5.74) is 0.332. The number of hydrogen-bond donors (Lipinski definition) is 2. The van der Waals surface area contributed by atoms with Gasteiger partial charge in [0.15, 0.2) is 0 Å². The number of amides is 2. The summed E-state index contributed by atoms with van der Waals surface area (Å²) in [6.45, 7) is 1.77. The van der Waals surface area contributed by atoms with Gasteiger partial charge in [0.1, 0.15) is 5.75 Å². The Morgan fingerprint density at radius 3 is 2.78 bits per heavy atom. The van der Waals surface area contributed by atoms with Crippen molar-refractivity contribution in [3.63, 3.8) is 0 Å². The molecule has 0 spiro atoms. The summed E-state index contributed by atoms with van der Waals surface area (Å²) >= 11 is 5.98. The Balaban J connectivity index is 1.68. The highest BCUT2D eigenvalue weighted by atomic mass is 35.5. The lowest BCUT2D eigenvalue weighted by molar-refractivity contribution is -0.136. The minimum Gasteiger partial charge on any atom is -0.497 e. The molecular formula is C16H21ClN2O4. The molecule has 0 atom stereocenters. The maximum atomic E-state index is 11.8. The van der Waals surface area contributed by atoms with E-state index >= 15 is 0 Å². The van der Waals surface area contributed by atoms with Crippen LogP contribution in [-0.2, 0) is 14.3 Å². The highest BCUT2D eigenvalue weighted by Gasteiger charge is 2.21. The Bertz CT molecular complexity index is 561. The van der Waals surface area contributed by atoms with E-state index in [1.54, 1.807) is 18.2 Å². The van der Waals surface area contributed by atoms with Crippen molar-refractivity contribution in [2.75, 3.05) is 32.2 Å². The molecule has 2 N–H and O–H groups in total. The Hall–Kier alpha value is -1.79. The molecule has 23 heavy (non-hydrogen) atoms. The molecule has 1 saturated carbocycles. The van der Waals surface area contributed by atoms with Gasteiger partial charge < -0.3 is 20.1 Å². The molecule has 0 heterocycles. The van der Waals surface area contributed by atoms with Crippen LogP contribution in [-0.4, -0.2) is 38.7 Å². The Morgan fingerprint density at radius 1 is 1.30 bits per heavy atom. The summed E-state index contributed by atoms with van der Waals surface area (Å²) in [5, 5.41) is 5.35. The minimum atomic E-state index is -0.765. The van der Waals surface area contributed by atoms with Crippen LogP contribution >= 0.6 is 11.6 Å². The third-order valence-corrected chi connectivity index (χ3v) is 3.76. The molecule has 6 nitrogen and oxygen atoms in total. The number of hydrogen-bond acceptors (Lipinski definition) is 4. The zero-order chi connectivity index (χ0) is 16.7. The molecule has 1 aliphatic rings. The van der Waals surface area contributed by atoms with Crippen molar-refractivity contribution in [2.24, 2.45) is 5.92 Å². The first-order valence-electron chi connectivity index (χ1n) is 7.60. The largest absolute Gasteiger partial charge is 0.497 e. The molecule has 2 amide bonds. The quantitative estimate of drug-likeness (QED) is 0.562. The number of halogens is 1. The number of anilines is 1. The number of nitrogens with one attached hydrogen (secondary N) is 2. The predicted molar refractivity (Wildman–Crippen MR) is 87.8 cm³/mol. The summed E-state index contributed by atoms with van der Waals surface area (Å²) < 4.78 is 10.5. The Kier molecular flexibility index (Phi) is 6.67. The molecule has 1 aromatic rings. The number of ether oxygens (including phenoxy) is 2. The molecule has 0 unspecified atom stereocenters. The fourth-order valence-electron chi connectivity index (χ4n) is 1.90. The topological polar surface area (TPSA) is 76.7 Å². The van der Waals surface area contributed by atoms with Gasteiger partial charge in [-0.1, -0.05) is 11.6 Å². The number of carbonyl (C=O) groups excluding carboxylic acids is 2. The van der Waals surface area contributed by atoms with Crippen molar-refractivity contribution >= 4 is 29.1 Å². The zero-order valence-corrected chi connectivity index (χ0v) is 13.8. The first-order chi connectivity index (χ1) is 11.1. The SMILES string of the molecule is COc1ccc(Cl)c(NC(=O)C(=O)NCCCOCC2CC2)c1. The summed E-state index contributed by atoms with van der Waals surface area (Å²) in [6, 6.07) is 4.81. The normalized spacial score (nSPS) is 13.5. The molecule has 0 bridgehead atoms. The van der Waals surface area contributed by atoms with Crippen LogP contribution in [0.3, 0.4) is 0 Å². The lowest BCUT2D eigenvalue weighted by atomic mass is 10.3. The van der Waals surface area contributed by atoms with E-state index in [4.69, 9.17) is 21.1 Å². The molecule has 0 radical (unpaired) electrons. The van der Waals surface area contributed by atoms with Crippen LogP contribution in [0.25, 0.3) is 0 Å². The maximum absolute atomic E-state index is 11.8. The Morgan fingerprint density at radius 2 is 2.09 bits per heavy atom. The van der Waals surface area contributed by atoms with Gasteiger partial charge in [-0.25, -0.2) is 0 Å².